The molecule has 0 aliphatic carbocycles. The molecule has 0 atom stereocenters. The van der Waals surface area contributed by atoms with Gasteiger partial charge in [-0.25, -0.2) is 4.98 Å². The molecule has 1 heterocycles. The summed E-state index contributed by atoms with van der Waals surface area (Å²) in [4.78, 5) is 16.6. The lowest BCUT2D eigenvalue weighted by atomic mass is 10.2. The third-order valence-corrected chi connectivity index (χ3v) is 3.32. The second-order valence-electron chi connectivity index (χ2n) is 4.51. The quantitative estimate of drug-likeness (QED) is 0.876. The highest BCUT2D eigenvalue weighted by molar-refractivity contribution is 9.10. The van der Waals surface area contributed by atoms with Crippen LogP contribution in [0.1, 0.15) is 12.3 Å². The van der Waals surface area contributed by atoms with Crippen LogP contribution in [0.2, 0.25) is 0 Å². The minimum atomic E-state index is -0.806. The molecule has 2 aromatic rings. The molecule has 0 spiro atoms. The molecule has 20 heavy (non-hydrogen) atoms. The Bertz CT molecular complexity index is 580. The largest absolute Gasteiger partial charge is 0.481 e. The van der Waals surface area contributed by atoms with E-state index >= 15 is 0 Å². The standard InChI is InChI=1S/C14H15BrN2O3/c1-17(7-6-14(18)19)9-13-16-8-12(20-13)10-2-4-11(15)5-3-10/h2-5,8H,6-7,9H2,1H3,(H,18,19). The van der Waals surface area contributed by atoms with E-state index in [2.05, 4.69) is 20.9 Å². The average Bonchev–Trinajstić information content (AvgIpc) is 2.85. The van der Waals surface area contributed by atoms with Crippen molar-refractivity contribution in [2.24, 2.45) is 0 Å². The summed E-state index contributed by atoms with van der Waals surface area (Å²) in [6.07, 6.45) is 1.79. The van der Waals surface area contributed by atoms with Gasteiger partial charge in [-0.15, -0.1) is 0 Å². The van der Waals surface area contributed by atoms with Crippen molar-refractivity contribution in [1.82, 2.24) is 9.88 Å². The van der Waals surface area contributed by atoms with Crippen molar-refractivity contribution in [3.8, 4) is 11.3 Å². The normalized spacial score (nSPS) is 10.9. The van der Waals surface area contributed by atoms with Crippen molar-refractivity contribution in [3.63, 3.8) is 0 Å². The average molecular weight is 339 g/mol. The molecule has 0 saturated carbocycles. The molecule has 0 saturated heterocycles. The smallest absolute Gasteiger partial charge is 0.304 e. The van der Waals surface area contributed by atoms with Crippen molar-refractivity contribution in [2.45, 2.75) is 13.0 Å². The molecule has 1 N–H and O–H groups in total. The second-order valence-corrected chi connectivity index (χ2v) is 5.42. The summed E-state index contributed by atoms with van der Waals surface area (Å²) in [6.45, 7) is 0.954. The van der Waals surface area contributed by atoms with Crippen LogP contribution in [-0.2, 0) is 11.3 Å². The Hall–Kier alpha value is -1.66. The van der Waals surface area contributed by atoms with Crippen molar-refractivity contribution in [1.29, 1.82) is 0 Å². The minimum Gasteiger partial charge on any atom is -0.481 e. The van der Waals surface area contributed by atoms with Gasteiger partial charge in [-0.05, 0) is 19.2 Å². The number of hydrogen-bond acceptors (Lipinski definition) is 4. The van der Waals surface area contributed by atoms with Crippen LogP contribution >= 0.6 is 15.9 Å². The summed E-state index contributed by atoms with van der Waals surface area (Å²) in [5, 5.41) is 8.63. The first kappa shape index (κ1) is 14.7. The zero-order valence-electron chi connectivity index (χ0n) is 11.0. The van der Waals surface area contributed by atoms with Crippen LogP contribution in [0.4, 0.5) is 0 Å². The lowest BCUT2D eigenvalue weighted by Gasteiger charge is -2.12. The van der Waals surface area contributed by atoms with Gasteiger partial charge in [-0.2, -0.15) is 0 Å². The number of aliphatic carboxylic acids is 1. The molecule has 0 unspecified atom stereocenters. The fourth-order valence-electron chi connectivity index (χ4n) is 1.73. The molecule has 0 aliphatic heterocycles. The zero-order valence-corrected chi connectivity index (χ0v) is 12.6. The third-order valence-electron chi connectivity index (χ3n) is 2.79. The molecule has 2 rings (SSSR count). The van der Waals surface area contributed by atoms with E-state index in [-0.39, 0.29) is 6.42 Å². The Morgan fingerprint density at radius 3 is 2.75 bits per heavy atom. The number of carbonyl (C=O) groups is 1. The Morgan fingerprint density at radius 1 is 1.40 bits per heavy atom. The highest BCUT2D eigenvalue weighted by Crippen LogP contribution is 2.22. The van der Waals surface area contributed by atoms with Gasteiger partial charge in [0.05, 0.1) is 19.2 Å². The molecule has 0 aliphatic rings. The van der Waals surface area contributed by atoms with E-state index in [1.807, 2.05) is 36.2 Å². The van der Waals surface area contributed by atoms with E-state index in [4.69, 9.17) is 9.52 Å². The van der Waals surface area contributed by atoms with Crippen LogP contribution in [0.5, 0.6) is 0 Å². The van der Waals surface area contributed by atoms with Crippen LogP contribution in [0, 0.1) is 0 Å². The number of nitrogens with zero attached hydrogens (tertiary/aromatic N) is 2. The highest BCUT2D eigenvalue weighted by atomic mass is 79.9. The molecule has 106 valence electrons. The number of halogens is 1. The number of carboxylic acid groups (broad SMARTS) is 1. The predicted octanol–water partition coefficient (Wildman–Crippen LogP) is 3.01. The topological polar surface area (TPSA) is 66.6 Å². The lowest BCUT2D eigenvalue weighted by molar-refractivity contribution is -0.137. The maximum absolute atomic E-state index is 10.5. The van der Waals surface area contributed by atoms with Crippen LogP contribution in [0.15, 0.2) is 39.4 Å². The van der Waals surface area contributed by atoms with Crippen LogP contribution in [-0.4, -0.2) is 34.6 Å². The van der Waals surface area contributed by atoms with Crippen LogP contribution < -0.4 is 0 Å². The summed E-state index contributed by atoms with van der Waals surface area (Å²) in [5.41, 5.74) is 0.958. The van der Waals surface area contributed by atoms with Gasteiger partial charge >= 0.3 is 5.97 Å². The van der Waals surface area contributed by atoms with Crippen molar-refractivity contribution in [3.05, 3.63) is 40.8 Å². The van der Waals surface area contributed by atoms with Crippen LogP contribution in [0.3, 0.4) is 0 Å². The molecule has 1 aromatic carbocycles. The maximum atomic E-state index is 10.5. The van der Waals surface area contributed by atoms with Gasteiger partial charge in [-0.1, -0.05) is 28.1 Å². The third kappa shape index (κ3) is 4.18. The number of oxazole rings is 1. The molecule has 0 amide bonds. The number of benzene rings is 1. The van der Waals surface area contributed by atoms with Gasteiger partial charge in [-0.3, -0.25) is 9.69 Å². The molecule has 5 nitrogen and oxygen atoms in total. The van der Waals surface area contributed by atoms with Gasteiger partial charge < -0.3 is 9.52 Å². The molecule has 1 aromatic heterocycles. The molecule has 0 radical (unpaired) electrons. The molecule has 6 heteroatoms. The first-order chi connectivity index (χ1) is 9.54. The molecular formula is C14H15BrN2O3. The molecule has 0 fully saturated rings. The van der Waals surface area contributed by atoms with Gasteiger partial charge in [0, 0.05) is 16.6 Å². The van der Waals surface area contributed by atoms with E-state index in [9.17, 15) is 4.79 Å². The summed E-state index contributed by atoms with van der Waals surface area (Å²) >= 11 is 3.38. The maximum Gasteiger partial charge on any atom is 0.304 e. The van der Waals surface area contributed by atoms with E-state index in [0.717, 1.165) is 10.0 Å². The first-order valence-corrected chi connectivity index (χ1v) is 6.95. The fourth-order valence-corrected chi connectivity index (χ4v) is 1.99. The number of hydrogen-bond donors (Lipinski definition) is 1. The molecule has 0 bridgehead atoms. The van der Waals surface area contributed by atoms with Crippen molar-refractivity contribution in [2.75, 3.05) is 13.6 Å². The minimum absolute atomic E-state index is 0.108. The summed E-state index contributed by atoms with van der Waals surface area (Å²) in [5.74, 6) is 0.481. The lowest BCUT2D eigenvalue weighted by Crippen LogP contribution is -2.21. The second kappa shape index (κ2) is 6.67. The van der Waals surface area contributed by atoms with Gasteiger partial charge in [0.15, 0.2) is 5.76 Å². The first-order valence-electron chi connectivity index (χ1n) is 6.15. The Labute approximate surface area is 125 Å². The number of carboxylic acids is 1. The predicted molar refractivity (Wildman–Crippen MR) is 78.2 cm³/mol. The highest BCUT2D eigenvalue weighted by Gasteiger charge is 2.09. The van der Waals surface area contributed by atoms with Crippen LogP contribution in [0.25, 0.3) is 11.3 Å². The Balaban J connectivity index is 1.98. The zero-order chi connectivity index (χ0) is 14.5. The van der Waals surface area contributed by atoms with E-state index < -0.39 is 5.97 Å². The summed E-state index contributed by atoms with van der Waals surface area (Å²) < 4.78 is 6.68. The Morgan fingerprint density at radius 2 is 2.10 bits per heavy atom. The van der Waals surface area contributed by atoms with Crippen molar-refractivity contribution < 1.29 is 14.3 Å². The number of aromatic nitrogens is 1. The Kier molecular flexibility index (Phi) is 4.92. The molecular weight excluding hydrogens is 324 g/mol. The summed E-state index contributed by atoms with van der Waals surface area (Å²) in [7, 11) is 1.84. The van der Waals surface area contributed by atoms with Crippen molar-refractivity contribution >= 4 is 21.9 Å². The van der Waals surface area contributed by atoms with E-state index in [1.165, 1.54) is 0 Å². The van der Waals surface area contributed by atoms with Gasteiger partial charge in [0.25, 0.3) is 0 Å². The number of rotatable bonds is 6. The van der Waals surface area contributed by atoms with E-state index in [1.54, 1.807) is 6.20 Å². The SMILES string of the molecule is CN(CCC(=O)O)Cc1ncc(-c2ccc(Br)cc2)o1. The summed E-state index contributed by atoms with van der Waals surface area (Å²) in [6, 6.07) is 7.78. The van der Waals surface area contributed by atoms with E-state index in [0.29, 0.717) is 24.7 Å². The van der Waals surface area contributed by atoms with Gasteiger partial charge in [0.1, 0.15) is 0 Å². The van der Waals surface area contributed by atoms with Gasteiger partial charge in [0.2, 0.25) is 5.89 Å². The fraction of sp³-hybridized carbons (Fsp3) is 0.286. The monoisotopic (exact) mass is 338 g/mol.